The average Bonchev–Trinajstić information content (AvgIpc) is 3.77. The fourth-order valence-corrected chi connectivity index (χ4v) is 9.60. The van der Waals surface area contributed by atoms with E-state index in [1.165, 1.54) is 33.2 Å². The quantitative estimate of drug-likeness (QED) is 0.0846. The molecule has 4 N–H and O–H groups in total. The molecule has 3 aromatic heterocycles. The number of H-pyrrole nitrogens is 1. The van der Waals surface area contributed by atoms with Gasteiger partial charge >= 0.3 is 18.6 Å². The summed E-state index contributed by atoms with van der Waals surface area (Å²) in [5.74, 6) is -0.0136. The molecular weight excluding hydrogens is 825 g/mol. The van der Waals surface area contributed by atoms with Gasteiger partial charge in [0.1, 0.15) is 17.2 Å². The zero-order valence-electron chi connectivity index (χ0n) is 36.2. The Kier molecular flexibility index (Phi) is 11.3. The average molecular weight is 875 g/mol. The molecule has 18 heteroatoms. The molecule has 1 saturated heterocycles. The molecule has 6 heterocycles. The molecule has 1 aliphatic carbocycles. The van der Waals surface area contributed by atoms with Crippen molar-refractivity contribution >= 4 is 41.3 Å². The number of aromatic nitrogens is 5. The highest BCUT2D eigenvalue weighted by atomic mass is 19.1. The van der Waals surface area contributed by atoms with Crippen LogP contribution in [0, 0.1) is 31.4 Å². The van der Waals surface area contributed by atoms with Gasteiger partial charge in [0.05, 0.1) is 23.7 Å². The molecule has 6 aromatic rings. The molecule has 10 rings (SSSR count). The van der Waals surface area contributed by atoms with E-state index in [1.807, 2.05) is 24.6 Å². The van der Waals surface area contributed by atoms with E-state index in [0.717, 1.165) is 56.2 Å². The lowest BCUT2D eigenvalue weighted by Crippen LogP contribution is -2.43. The van der Waals surface area contributed by atoms with Gasteiger partial charge < -0.3 is 24.7 Å². The molecule has 0 bridgehead atoms. The molecule has 3 unspecified atom stereocenters. The van der Waals surface area contributed by atoms with Crippen LogP contribution in [0.5, 0.6) is 0 Å². The number of rotatable bonds is 7. The first-order chi connectivity index (χ1) is 30.7. The van der Waals surface area contributed by atoms with Gasteiger partial charge in [0.15, 0.2) is 17.9 Å². The van der Waals surface area contributed by atoms with Crippen LogP contribution in [-0.2, 0) is 21.5 Å². The molecule has 1 saturated carbocycles. The summed E-state index contributed by atoms with van der Waals surface area (Å²) in [6, 6.07) is 14.4. The third-order valence-electron chi connectivity index (χ3n) is 13.4. The number of carbonyl (C=O) groups excluding carboxylic acids is 1. The molecule has 332 valence electrons. The molecule has 3 aromatic carbocycles. The number of imidazole rings is 1. The van der Waals surface area contributed by atoms with Crippen LogP contribution in [0.4, 0.5) is 14.5 Å². The fraction of sp³-hybridized carbons (Fsp3) is 0.370. The Balaban J connectivity index is 0.000000170. The number of nitrogens with one attached hydrogen (secondary N) is 1. The van der Waals surface area contributed by atoms with Crippen molar-refractivity contribution in [2.24, 2.45) is 16.6 Å². The molecule has 0 spiro atoms. The largest absolute Gasteiger partial charge is 0.491 e. The van der Waals surface area contributed by atoms with E-state index in [0.29, 0.717) is 63.2 Å². The van der Waals surface area contributed by atoms with Crippen LogP contribution in [0.2, 0.25) is 0 Å². The van der Waals surface area contributed by atoms with E-state index >= 15 is 4.39 Å². The van der Waals surface area contributed by atoms with Crippen molar-refractivity contribution in [3.8, 4) is 5.69 Å². The summed E-state index contributed by atoms with van der Waals surface area (Å²) in [6.07, 6.45) is 7.28. The number of ether oxygens (including phenoxy) is 1. The second kappa shape index (κ2) is 16.7. The Labute approximate surface area is 366 Å². The number of carbonyl (C=O) groups is 1. The van der Waals surface area contributed by atoms with E-state index in [2.05, 4.69) is 40.2 Å². The van der Waals surface area contributed by atoms with Gasteiger partial charge in [-0.05, 0) is 117 Å². The first-order valence-electron chi connectivity index (χ1n) is 21.4. The first kappa shape index (κ1) is 43.1. The molecule has 64 heavy (non-hydrogen) atoms. The Morgan fingerprint density at radius 1 is 1.05 bits per heavy atom. The minimum absolute atomic E-state index is 0.0313. The summed E-state index contributed by atoms with van der Waals surface area (Å²) in [7, 11) is 0.770. The number of nitrogens with zero attached hydrogens (tertiary/aromatic N) is 6. The Hall–Kier alpha value is -6.21. The first-order valence-corrected chi connectivity index (χ1v) is 21.4. The Morgan fingerprint density at radius 3 is 2.45 bits per heavy atom. The van der Waals surface area contributed by atoms with Gasteiger partial charge in [-0.15, -0.1) is 0 Å². The predicted molar refractivity (Wildman–Crippen MR) is 237 cm³/mol. The second-order valence-electron chi connectivity index (χ2n) is 17.3. The minimum atomic E-state index is -1.19. The SMILES string of the molecule is CC1CC1(c1noc(=O)[nH]1)n1c(C=O)cc2cc(C3CCOCC3)ccc21.Cc1cc(N=C(C2=C(N)CCN(C)C2C)n2ccn(-c3ccc4c(c3F)COB4O)c2=O)cc(C)c1F. The number of fused-ring (bicyclic) bond motifs is 2. The lowest BCUT2D eigenvalue weighted by molar-refractivity contribution is 0.0853. The van der Waals surface area contributed by atoms with Gasteiger partial charge in [-0.3, -0.25) is 28.3 Å². The summed E-state index contributed by atoms with van der Waals surface area (Å²) in [5.41, 5.74) is 11.4. The number of aryl methyl sites for hydroxylation is 2. The summed E-state index contributed by atoms with van der Waals surface area (Å²) >= 11 is 0. The summed E-state index contributed by atoms with van der Waals surface area (Å²) in [6.45, 7) is 9.64. The summed E-state index contributed by atoms with van der Waals surface area (Å²) in [4.78, 5) is 46.7. The predicted octanol–water partition coefficient (Wildman–Crippen LogP) is 5.07. The molecule has 0 amide bonds. The molecule has 3 aliphatic heterocycles. The molecular formula is C46H49BF2N8O7. The van der Waals surface area contributed by atoms with Crippen molar-refractivity contribution < 1.29 is 32.5 Å². The maximum Gasteiger partial charge on any atom is 0.491 e. The Morgan fingerprint density at radius 2 is 1.78 bits per heavy atom. The lowest BCUT2D eigenvalue weighted by atomic mass is 9.79. The van der Waals surface area contributed by atoms with Gasteiger partial charge in [-0.1, -0.05) is 24.2 Å². The number of nitrogens with two attached hydrogens (primary N) is 1. The smallest absolute Gasteiger partial charge is 0.423 e. The van der Waals surface area contributed by atoms with Crippen molar-refractivity contribution in [2.45, 2.75) is 77.5 Å². The number of benzene rings is 3. The van der Waals surface area contributed by atoms with Crippen LogP contribution in [0.1, 0.15) is 84.0 Å². The van der Waals surface area contributed by atoms with Crippen LogP contribution in [-0.4, -0.2) is 85.9 Å². The number of aromatic amines is 1. The highest BCUT2D eigenvalue weighted by molar-refractivity contribution is 6.61. The summed E-state index contributed by atoms with van der Waals surface area (Å²) < 4.78 is 49.6. The van der Waals surface area contributed by atoms with Crippen LogP contribution in [0.3, 0.4) is 0 Å². The van der Waals surface area contributed by atoms with E-state index < -0.39 is 29.9 Å². The van der Waals surface area contributed by atoms with E-state index in [4.69, 9.17) is 24.6 Å². The maximum absolute atomic E-state index is 15.4. The fourth-order valence-electron chi connectivity index (χ4n) is 9.60. The van der Waals surface area contributed by atoms with Crippen molar-refractivity contribution in [1.82, 2.24) is 28.7 Å². The molecule has 15 nitrogen and oxygen atoms in total. The maximum atomic E-state index is 15.4. The van der Waals surface area contributed by atoms with E-state index in [9.17, 15) is 23.8 Å². The molecule has 2 fully saturated rings. The van der Waals surface area contributed by atoms with Gasteiger partial charge in [0, 0.05) is 72.4 Å². The van der Waals surface area contributed by atoms with Crippen LogP contribution in [0.25, 0.3) is 16.6 Å². The molecule has 3 atom stereocenters. The highest BCUT2D eigenvalue weighted by Crippen LogP contribution is 2.55. The second-order valence-corrected chi connectivity index (χ2v) is 17.3. The van der Waals surface area contributed by atoms with E-state index in [-0.39, 0.29) is 35.6 Å². The van der Waals surface area contributed by atoms with Gasteiger partial charge in [0.2, 0.25) is 0 Å². The van der Waals surface area contributed by atoms with Crippen LogP contribution in [0.15, 0.2) is 91.3 Å². The van der Waals surface area contributed by atoms with Gasteiger partial charge in [-0.2, -0.15) is 0 Å². The number of likely N-dealkylation sites (N-methyl/N-ethyl adjacent to an activating group) is 1. The lowest BCUT2D eigenvalue weighted by Gasteiger charge is -2.33. The molecule has 0 radical (unpaired) electrons. The summed E-state index contributed by atoms with van der Waals surface area (Å²) in [5, 5.41) is 14.9. The van der Waals surface area contributed by atoms with Crippen molar-refractivity contribution in [2.75, 3.05) is 26.8 Å². The number of aldehydes is 1. The number of aliphatic imine (C=N–C) groups is 1. The molecule has 4 aliphatic rings. The van der Waals surface area contributed by atoms with Crippen molar-refractivity contribution in [3.05, 3.63) is 139 Å². The minimum Gasteiger partial charge on any atom is -0.423 e. The van der Waals surface area contributed by atoms with Crippen molar-refractivity contribution in [1.29, 1.82) is 0 Å². The number of halogens is 2. The number of hydrogen-bond donors (Lipinski definition) is 3. The van der Waals surface area contributed by atoms with Crippen LogP contribution >= 0.6 is 0 Å². The van der Waals surface area contributed by atoms with Crippen molar-refractivity contribution in [3.63, 3.8) is 0 Å². The third kappa shape index (κ3) is 7.37. The zero-order chi connectivity index (χ0) is 45.2. The topological polar surface area (TPSA) is 188 Å². The standard InChI is InChI=1S/C26H28BF2N5O3.C20H21N3O4/c1-14-11-17(12-15(2)23(14)28)31-25(22-16(3)32(4)8-7-20(22)30)34-10-9-33(26(34)35)21-6-5-19-18(24(21)29)13-37-27(19)36;1-12-10-20(12,18-21-19(25)27-22-18)23-16(11-24)9-15-8-14(2-3-17(15)23)13-4-6-26-7-5-13/h5-6,9-12,16,36H,7-8,13,30H2,1-4H3;2-3,8-9,11-13H,4-7,10H2,1H3,(H,21,22,25). The highest BCUT2D eigenvalue weighted by Gasteiger charge is 2.58. The van der Waals surface area contributed by atoms with Gasteiger partial charge in [-0.25, -0.2) is 23.4 Å². The van der Waals surface area contributed by atoms with E-state index in [1.54, 1.807) is 32.0 Å². The van der Waals surface area contributed by atoms with Crippen LogP contribution < -0.4 is 22.6 Å². The van der Waals surface area contributed by atoms with Gasteiger partial charge in [0.25, 0.3) is 0 Å². The monoisotopic (exact) mass is 874 g/mol. The number of hydrogen-bond acceptors (Lipinski definition) is 11. The zero-order valence-corrected chi connectivity index (χ0v) is 36.2. The normalized spacial score (nSPS) is 21.6. The third-order valence-corrected chi connectivity index (χ3v) is 13.4. The Bertz CT molecular complexity index is 2970.